The van der Waals surface area contributed by atoms with E-state index in [1.807, 2.05) is 36.5 Å². The van der Waals surface area contributed by atoms with Crippen LogP contribution in [0.2, 0.25) is 0 Å². The lowest BCUT2D eigenvalue weighted by molar-refractivity contribution is 1.12. The lowest BCUT2D eigenvalue weighted by atomic mass is 10.1. The van der Waals surface area contributed by atoms with Gasteiger partial charge in [-0.2, -0.15) is 0 Å². The third-order valence-electron chi connectivity index (χ3n) is 3.13. The van der Waals surface area contributed by atoms with Crippen LogP contribution >= 0.6 is 31.9 Å². The van der Waals surface area contributed by atoms with Crippen LogP contribution in [-0.2, 0) is 6.54 Å². The van der Waals surface area contributed by atoms with Gasteiger partial charge in [-0.15, -0.1) is 0 Å². The molecule has 2 nitrogen and oxygen atoms in total. The van der Waals surface area contributed by atoms with Crippen molar-refractivity contribution < 1.29 is 0 Å². The molecule has 0 unspecified atom stereocenters. The predicted molar refractivity (Wildman–Crippen MR) is 90.9 cm³/mol. The summed E-state index contributed by atoms with van der Waals surface area (Å²) in [7, 11) is 0. The summed E-state index contributed by atoms with van der Waals surface area (Å²) in [6.07, 6.45) is 1.83. The van der Waals surface area contributed by atoms with Gasteiger partial charge in [-0.25, -0.2) is 4.98 Å². The summed E-state index contributed by atoms with van der Waals surface area (Å²) >= 11 is 7.02. The van der Waals surface area contributed by atoms with E-state index in [1.54, 1.807) is 0 Å². The number of hydrogen-bond acceptors (Lipinski definition) is 2. The molecule has 3 aromatic rings. The third-order valence-corrected chi connectivity index (χ3v) is 4.35. The highest BCUT2D eigenvalue weighted by Crippen LogP contribution is 2.27. The molecule has 20 heavy (non-hydrogen) atoms. The van der Waals surface area contributed by atoms with Crippen molar-refractivity contribution in [1.82, 2.24) is 4.98 Å². The van der Waals surface area contributed by atoms with Gasteiger partial charge in [0, 0.05) is 32.5 Å². The minimum atomic E-state index is 0.756. The average molecular weight is 392 g/mol. The molecule has 0 radical (unpaired) electrons. The number of pyridine rings is 1. The van der Waals surface area contributed by atoms with Crippen LogP contribution in [0.3, 0.4) is 0 Å². The fourth-order valence-electron chi connectivity index (χ4n) is 2.10. The Morgan fingerprint density at radius 2 is 1.70 bits per heavy atom. The Hall–Kier alpha value is -1.39. The van der Waals surface area contributed by atoms with Crippen LogP contribution in [0.15, 0.2) is 63.7 Å². The summed E-state index contributed by atoms with van der Waals surface area (Å²) < 4.78 is 2.18. The van der Waals surface area contributed by atoms with Gasteiger partial charge < -0.3 is 5.32 Å². The van der Waals surface area contributed by atoms with Crippen molar-refractivity contribution in [2.24, 2.45) is 0 Å². The molecule has 0 spiro atoms. The van der Waals surface area contributed by atoms with Crippen LogP contribution in [0.1, 0.15) is 5.56 Å². The average Bonchev–Trinajstić information content (AvgIpc) is 2.47. The van der Waals surface area contributed by atoms with Gasteiger partial charge in [0.1, 0.15) is 5.82 Å². The van der Waals surface area contributed by atoms with Crippen molar-refractivity contribution in [3.8, 4) is 0 Å². The van der Waals surface area contributed by atoms with Gasteiger partial charge in [-0.05, 0) is 29.8 Å². The van der Waals surface area contributed by atoms with Gasteiger partial charge in [0.15, 0.2) is 0 Å². The largest absolute Gasteiger partial charge is 0.365 e. The standard InChI is InChI=1S/C16H12Br2N2/c17-12-6-4-11(5-7-12)10-20-16-14-2-1-3-15(18)13(14)8-9-19-16/h1-9H,10H2,(H,19,20). The zero-order valence-electron chi connectivity index (χ0n) is 10.6. The number of halogens is 2. The fraction of sp³-hybridized carbons (Fsp3) is 0.0625. The number of aromatic nitrogens is 1. The first kappa shape index (κ1) is 13.6. The molecule has 0 fully saturated rings. The molecule has 1 aromatic heterocycles. The molecule has 0 atom stereocenters. The molecule has 1 heterocycles. The van der Waals surface area contributed by atoms with Gasteiger partial charge >= 0.3 is 0 Å². The maximum Gasteiger partial charge on any atom is 0.134 e. The zero-order chi connectivity index (χ0) is 13.9. The lowest BCUT2D eigenvalue weighted by Gasteiger charge is -2.09. The summed E-state index contributed by atoms with van der Waals surface area (Å²) in [5.41, 5.74) is 1.22. The first-order valence-corrected chi connectivity index (χ1v) is 7.84. The Bertz CT molecular complexity index is 739. The van der Waals surface area contributed by atoms with Crippen LogP contribution in [-0.4, -0.2) is 4.98 Å². The lowest BCUT2D eigenvalue weighted by Crippen LogP contribution is -2.01. The maximum atomic E-state index is 4.44. The van der Waals surface area contributed by atoms with Crippen molar-refractivity contribution >= 4 is 48.5 Å². The Labute approximate surface area is 134 Å². The Balaban J connectivity index is 1.88. The minimum Gasteiger partial charge on any atom is -0.365 e. The summed E-state index contributed by atoms with van der Waals surface area (Å²) in [6.45, 7) is 0.756. The first-order chi connectivity index (χ1) is 9.74. The van der Waals surface area contributed by atoms with E-state index >= 15 is 0 Å². The smallest absolute Gasteiger partial charge is 0.134 e. The molecule has 0 aliphatic heterocycles. The van der Waals surface area contributed by atoms with Crippen LogP contribution in [0, 0.1) is 0 Å². The maximum absolute atomic E-state index is 4.44. The summed E-state index contributed by atoms with van der Waals surface area (Å²) in [5, 5.41) is 5.69. The van der Waals surface area contributed by atoms with E-state index < -0.39 is 0 Å². The molecule has 100 valence electrons. The summed E-state index contributed by atoms with van der Waals surface area (Å²) in [4.78, 5) is 4.44. The number of rotatable bonds is 3. The van der Waals surface area contributed by atoms with Gasteiger partial charge in [0.25, 0.3) is 0 Å². The van der Waals surface area contributed by atoms with Crippen molar-refractivity contribution in [3.63, 3.8) is 0 Å². The molecule has 0 saturated heterocycles. The van der Waals surface area contributed by atoms with Crippen molar-refractivity contribution in [1.29, 1.82) is 0 Å². The van der Waals surface area contributed by atoms with Crippen LogP contribution < -0.4 is 5.32 Å². The number of fused-ring (bicyclic) bond motifs is 1. The molecule has 0 bridgehead atoms. The molecular weight excluding hydrogens is 380 g/mol. The van der Waals surface area contributed by atoms with E-state index in [4.69, 9.17) is 0 Å². The van der Waals surface area contributed by atoms with Crippen LogP contribution in [0.4, 0.5) is 5.82 Å². The Kier molecular flexibility index (Phi) is 4.03. The molecule has 0 amide bonds. The highest BCUT2D eigenvalue weighted by Gasteiger charge is 2.04. The Morgan fingerprint density at radius 3 is 2.50 bits per heavy atom. The zero-order valence-corrected chi connectivity index (χ0v) is 13.8. The molecule has 0 aliphatic rings. The molecule has 3 rings (SSSR count). The van der Waals surface area contributed by atoms with Gasteiger partial charge in [-0.1, -0.05) is 56.1 Å². The highest BCUT2D eigenvalue weighted by atomic mass is 79.9. The van der Waals surface area contributed by atoms with Crippen LogP contribution in [0.5, 0.6) is 0 Å². The molecule has 0 saturated carbocycles. The van der Waals surface area contributed by atoms with E-state index in [2.05, 4.69) is 60.4 Å². The minimum absolute atomic E-state index is 0.756. The van der Waals surface area contributed by atoms with Gasteiger partial charge in [0.2, 0.25) is 0 Å². The second-order valence-electron chi connectivity index (χ2n) is 4.47. The van der Waals surface area contributed by atoms with Crippen molar-refractivity contribution in [3.05, 3.63) is 69.2 Å². The van der Waals surface area contributed by atoms with E-state index in [0.29, 0.717) is 0 Å². The number of nitrogens with zero attached hydrogens (tertiary/aromatic N) is 1. The second-order valence-corrected chi connectivity index (χ2v) is 6.24. The summed E-state index contributed by atoms with van der Waals surface area (Å²) in [5.74, 6) is 0.909. The quantitative estimate of drug-likeness (QED) is 0.648. The molecular formula is C16H12Br2N2. The van der Waals surface area contributed by atoms with Gasteiger partial charge in [0.05, 0.1) is 0 Å². The highest BCUT2D eigenvalue weighted by molar-refractivity contribution is 9.11. The second kappa shape index (κ2) is 5.94. The topological polar surface area (TPSA) is 24.9 Å². The van der Waals surface area contributed by atoms with E-state index in [9.17, 15) is 0 Å². The number of nitrogens with one attached hydrogen (secondary N) is 1. The molecule has 1 N–H and O–H groups in total. The van der Waals surface area contributed by atoms with E-state index in [0.717, 1.165) is 26.7 Å². The van der Waals surface area contributed by atoms with Crippen molar-refractivity contribution in [2.45, 2.75) is 6.54 Å². The number of anilines is 1. The third kappa shape index (κ3) is 2.86. The SMILES string of the molecule is Brc1ccc(CNc2nccc3c(Br)cccc23)cc1. The van der Waals surface area contributed by atoms with E-state index in [1.165, 1.54) is 10.9 Å². The first-order valence-electron chi connectivity index (χ1n) is 6.25. The molecule has 2 aromatic carbocycles. The Morgan fingerprint density at radius 1 is 0.900 bits per heavy atom. The normalized spacial score (nSPS) is 10.7. The predicted octanol–water partition coefficient (Wildman–Crippen LogP) is 5.37. The van der Waals surface area contributed by atoms with Crippen LogP contribution in [0.25, 0.3) is 10.8 Å². The molecule has 0 aliphatic carbocycles. The molecule has 4 heteroatoms. The summed E-state index contributed by atoms with van der Waals surface area (Å²) in [6, 6.07) is 16.4. The monoisotopic (exact) mass is 390 g/mol. The number of benzene rings is 2. The fourth-order valence-corrected chi connectivity index (χ4v) is 2.86. The number of hydrogen-bond donors (Lipinski definition) is 1. The van der Waals surface area contributed by atoms with E-state index in [-0.39, 0.29) is 0 Å². The van der Waals surface area contributed by atoms with Gasteiger partial charge in [-0.3, -0.25) is 0 Å². The van der Waals surface area contributed by atoms with Crippen molar-refractivity contribution in [2.75, 3.05) is 5.32 Å².